The van der Waals surface area contributed by atoms with Crippen molar-refractivity contribution >= 4 is 29.9 Å². The van der Waals surface area contributed by atoms with Crippen LogP contribution in [0.25, 0.3) is 0 Å². The van der Waals surface area contributed by atoms with Gasteiger partial charge in [-0.15, -0.1) is 30.4 Å². The molecule has 0 aliphatic carbocycles. The van der Waals surface area contributed by atoms with E-state index in [4.69, 9.17) is 11.2 Å². The Morgan fingerprint density at radius 1 is 1.32 bits per heavy atom. The molecule has 0 aliphatic rings. The fourth-order valence-corrected chi connectivity index (χ4v) is 1.33. The molecule has 0 heterocycles. The van der Waals surface area contributed by atoms with E-state index < -0.39 is 0 Å². The molecule has 104 valence electrons. The monoisotopic (exact) mass is 373 g/mol. The molecule has 19 heavy (non-hydrogen) atoms. The molecule has 0 fully saturated rings. The van der Waals surface area contributed by atoms with Crippen LogP contribution < -0.4 is 15.4 Å². The van der Waals surface area contributed by atoms with Gasteiger partial charge in [-0.05, 0) is 19.1 Å². The summed E-state index contributed by atoms with van der Waals surface area (Å²) in [5.41, 5.74) is 1.22. The fourth-order valence-electron chi connectivity index (χ4n) is 1.33. The van der Waals surface area contributed by atoms with Gasteiger partial charge in [0.15, 0.2) is 5.96 Å². The van der Waals surface area contributed by atoms with Gasteiger partial charge >= 0.3 is 0 Å². The Balaban J connectivity index is 0.00000324. The molecule has 5 heteroatoms. The summed E-state index contributed by atoms with van der Waals surface area (Å²) in [4.78, 5) is 4.03. The lowest BCUT2D eigenvalue weighted by Crippen LogP contribution is -2.39. The number of benzene rings is 1. The SMILES string of the molecule is C#CCNC(=NC)NCCOc1ccc(C)cc1.I. The first-order valence-electron chi connectivity index (χ1n) is 5.83. The highest BCUT2D eigenvalue weighted by atomic mass is 127. The van der Waals surface area contributed by atoms with Crippen LogP contribution in [0.1, 0.15) is 5.56 Å². The summed E-state index contributed by atoms with van der Waals surface area (Å²) in [5.74, 6) is 4.04. The highest BCUT2D eigenvalue weighted by Gasteiger charge is 1.96. The zero-order chi connectivity index (χ0) is 13.2. The molecule has 0 atom stereocenters. The second-order valence-corrected chi connectivity index (χ2v) is 3.72. The van der Waals surface area contributed by atoms with E-state index in [1.54, 1.807) is 7.05 Å². The van der Waals surface area contributed by atoms with E-state index in [1.807, 2.05) is 31.2 Å². The Morgan fingerprint density at radius 2 is 2.00 bits per heavy atom. The van der Waals surface area contributed by atoms with Crippen LogP contribution in [0.2, 0.25) is 0 Å². The van der Waals surface area contributed by atoms with Crippen molar-refractivity contribution in [3.63, 3.8) is 0 Å². The molecule has 0 amide bonds. The van der Waals surface area contributed by atoms with Gasteiger partial charge in [0.05, 0.1) is 13.1 Å². The number of guanidine groups is 1. The van der Waals surface area contributed by atoms with Crippen LogP contribution in [0, 0.1) is 19.3 Å². The van der Waals surface area contributed by atoms with Crippen LogP contribution in [0.5, 0.6) is 5.75 Å². The van der Waals surface area contributed by atoms with Gasteiger partial charge in [-0.1, -0.05) is 23.6 Å². The fraction of sp³-hybridized carbons (Fsp3) is 0.357. The minimum atomic E-state index is 0. The molecule has 0 aliphatic heterocycles. The number of nitrogens with one attached hydrogen (secondary N) is 2. The zero-order valence-electron chi connectivity index (χ0n) is 11.3. The van der Waals surface area contributed by atoms with Crippen molar-refractivity contribution in [2.45, 2.75) is 6.92 Å². The predicted octanol–water partition coefficient (Wildman–Crippen LogP) is 1.79. The number of hydrogen-bond acceptors (Lipinski definition) is 2. The number of terminal acetylenes is 1. The molecular formula is C14H20IN3O. The number of aryl methyl sites for hydroxylation is 1. The van der Waals surface area contributed by atoms with E-state index in [0.717, 1.165) is 5.75 Å². The number of aliphatic imine (C=N–C) groups is 1. The maximum Gasteiger partial charge on any atom is 0.191 e. The average Bonchev–Trinajstić information content (AvgIpc) is 2.40. The smallest absolute Gasteiger partial charge is 0.191 e. The molecule has 1 aromatic rings. The summed E-state index contributed by atoms with van der Waals surface area (Å²) >= 11 is 0. The maximum absolute atomic E-state index is 5.57. The molecule has 0 unspecified atom stereocenters. The second-order valence-electron chi connectivity index (χ2n) is 3.72. The molecule has 1 aromatic carbocycles. The maximum atomic E-state index is 5.57. The van der Waals surface area contributed by atoms with Gasteiger partial charge in [0, 0.05) is 7.05 Å². The molecule has 0 saturated heterocycles. The second kappa shape index (κ2) is 10.5. The quantitative estimate of drug-likeness (QED) is 0.272. The lowest BCUT2D eigenvalue weighted by atomic mass is 10.2. The third-order valence-corrected chi connectivity index (χ3v) is 2.27. The summed E-state index contributed by atoms with van der Waals surface area (Å²) < 4.78 is 5.57. The van der Waals surface area contributed by atoms with Crippen molar-refractivity contribution in [3.05, 3.63) is 29.8 Å². The van der Waals surface area contributed by atoms with Crippen LogP contribution >= 0.6 is 24.0 Å². The van der Waals surface area contributed by atoms with Crippen molar-refractivity contribution in [2.24, 2.45) is 4.99 Å². The van der Waals surface area contributed by atoms with Crippen LogP contribution in [0.3, 0.4) is 0 Å². The molecule has 0 saturated carbocycles. The molecule has 0 radical (unpaired) electrons. The molecule has 1 rings (SSSR count). The van der Waals surface area contributed by atoms with Crippen LogP contribution in [0.15, 0.2) is 29.3 Å². The number of hydrogen-bond donors (Lipinski definition) is 2. The minimum absolute atomic E-state index is 0. The average molecular weight is 373 g/mol. The van der Waals surface area contributed by atoms with Crippen molar-refractivity contribution in [3.8, 4) is 18.1 Å². The molecule has 4 nitrogen and oxygen atoms in total. The van der Waals surface area contributed by atoms with Crippen LogP contribution in [0.4, 0.5) is 0 Å². The van der Waals surface area contributed by atoms with Gasteiger partial charge in [-0.3, -0.25) is 4.99 Å². The summed E-state index contributed by atoms with van der Waals surface area (Å²) in [7, 11) is 1.70. The van der Waals surface area contributed by atoms with Gasteiger partial charge < -0.3 is 15.4 Å². The standard InChI is InChI=1S/C14H19N3O.HI/c1-4-9-16-14(15-3)17-10-11-18-13-7-5-12(2)6-8-13;/h1,5-8H,9-11H2,2-3H3,(H2,15,16,17);1H. The van der Waals surface area contributed by atoms with Crippen LogP contribution in [-0.4, -0.2) is 32.7 Å². The lowest BCUT2D eigenvalue weighted by Gasteiger charge is -2.11. The summed E-state index contributed by atoms with van der Waals surface area (Å²) in [6.45, 7) is 3.74. The highest BCUT2D eigenvalue weighted by molar-refractivity contribution is 14.0. The van der Waals surface area contributed by atoms with E-state index >= 15 is 0 Å². The van der Waals surface area contributed by atoms with E-state index in [1.165, 1.54) is 5.56 Å². The van der Waals surface area contributed by atoms with E-state index in [0.29, 0.717) is 25.7 Å². The minimum Gasteiger partial charge on any atom is -0.492 e. The van der Waals surface area contributed by atoms with Gasteiger partial charge in [-0.25, -0.2) is 0 Å². The van der Waals surface area contributed by atoms with E-state index in [9.17, 15) is 0 Å². The Morgan fingerprint density at radius 3 is 2.58 bits per heavy atom. The first-order valence-corrected chi connectivity index (χ1v) is 5.83. The summed E-state index contributed by atoms with van der Waals surface area (Å²) in [6, 6.07) is 7.97. The first-order chi connectivity index (χ1) is 8.76. The Hall–Kier alpha value is -1.42. The largest absolute Gasteiger partial charge is 0.492 e. The topological polar surface area (TPSA) is 45.7 Å². The Labute approximate surface area is 132 Å². The summed E-state index contributed by atoms with van der Waals surface area (Å²) in [5, 5.41) is 6.08. The van der Waals surface area contributed by atoms with Crippen molar-refractivity contribution < 1.29 is 4.74 Å². The zero-order valence-corrected chi connectivity index (χ0v) is 13.6. The van der Waals surface area contributed by atoms with Gasteiger partial charge in [0.1, 0.15) is 12.4 Å². The number of halogens is 1. The highest BCUT2D eigenvalue weighted by Crippen LogP contribution is 2.10. The van der Waals surface area contributed by atoms with Crippen molar-refractivity contribution in [2.75, 3.05) is 26.7 Å². The molecule has 0 aromatic heterocycles. The van der Waals surface area contributed by atoms with E-state index in [2.05, 4.69) is 21.5 Å². The number of ether oxygens (including phenoxy) is 1. The molecular weight excluding hydrogens is 353 g/mol. The Bertz CT molecular complexity index is 423. The number of nitrogens with zero attached hydrogens (tertiary/aromatic N) is 1. The lowest BCUT2D eigenvalue weighted by molar-refractivity contribution is 0.322. The van der Waals surface area contributed by atoms with E-state index in [-0.39, 0.29) is 24.0 Å². The Kier molecular flexibility index (Phi) is 9.71. The molecule has 0 spiro atoms. The molecule has 0 bridgehead atoms. The van der Waals surface area contributed by atoms with Crippen molar-refractivity contribution in [1.29, 1.82) is 0 Å². The van der Waals surface area contributed by atoms with Gasteiger partial charge in [0.2, 0.25) is 0 Å². The van der Waals surface area contributed by atoms with Gasteiger partial charge in [0.25, 0.3) is 0 Å². The number of rotatable bonds is 5. The normalized spacial score (nSPS) is 10.1. The van der Waals surface area contributed by atoms with Crippen molar-refractivity contribution in [1.82, 2.24) is 10.6 Å². The third-order valence-electron chi connectivity index (χ3n) is 2.27. The first kappa shape index (κ1) is 17.6. The van der Waals surface area contributed by atoms with Crippen LogP contribution in [-0.2, 0) is 0 Å². The molecule has 2 N–H and O–H groups in total. The predicted molar refractivity (Wildman–Crippen MR) is 90.3 cm³/mol. The van der Waals surface area contributed by atoms with Gasteiger partial charge in [-0.2, -0.15) is 0 Å². The summed E-state index contributed by atoms with van der Waals surface area (Å²) in [6.07, 6.45) is 5.15. The third kappa shape index (κ3) is 7.57.